The van der Waals surface area contributed by atoms with Crippen molar-refractivity contribution in [2.75, 3.05) is 44.2 Å². The number of amides is 1. The first kappa shape index (κ1) is 19.2. The summed E-state index contributed by atoms with van der Waals surface area (Å²) in [4.78, 5) is 18.7. The second-order valence-corrected chi connectivity index (χ2v) is 8.03. The Kier molecular flexibility index (Phi) is 5.85. The number of benzene rings is 2. The maximum atomic E-state index is 12.6. The zero-order valence-corrected chi connectivity index (χ0v) is 16.7. The van der Waals surface area contributed by atoms with Gasteiger partial charge in [-0.15, -0.1) is 0 Å². The van der Waals surface area contributed by atoms with Gasteiger partial charge < -0.3 is 14.9 Å². The molecular weight excluding hydrogens is 374 g/mol. The van der Waals surface area contributed by atoms with Gasteiger partial charge in [-0.3, -0.25) is 9.69 Å². The molecule has 148 valence electrons. The minimum atomic E-state index is -0.541. The predicted molar refractivity (Wildman–Crippen MR) is 112 cm³/mol. The van der Waals surface area contributed by atoms with E-state index in [0.29, 0.717) is 31.2 Å². The number of hydrogen-bond donors (Lipinski definition) is 1. The highest BCUT2D eigenvalue weighted by Crippen LogP contribution is 2.26. The molecule has 1 atom stereocenters. The summed E-state index contributed by atoms with van der Waals surface area (Å²) in [5, 5.41) is 11.2. The van der Waals surface area contributed by atoms with E-state index in [0.717, 1.165) is 31.7 Å². The fourth-order valence-electron chi connectivity index (χ4n) is 4.14. The molecule has 28 heavy (non-hydrogen) atoms. The van der Waals surface area contributed by atoms with Gasteiger partial charge in [-0.25, -0.2) is 0 Å². The summed E-state index contributed by atoms with van der Waals surface area (Å²) < 4.78 is 0. The van der Waals surface area contributed by atoms with E-state index in [1.165, 1.54) is 11.1 Å². The molecule has 2 heterocycles. The molecule has 1 amide bonds. The second kappa shape index (κ2) is 8.52. The summed E-state index contributed by atoms with van der Waals surface area (Å²) in [7, 11) is 0. The number of halogens is 1. The van der Waals surface area contributed by atoms with Crippen LogP contribution >= 0.6 is 11.6 Å². The van der Waals surface area contributed by atoms with Gasteiger partial charge in [0.25, 0.3) is 0 Å². The summed E-state index contributed by atoms with van der Waals surface area (Å²) >= 11 is 6.26. The average Bonchev–Trinajstić information content (AvgIpc) is 2.70. The van der Waals surface area contributed by atoms with Crippen molar-refractivity contribution in [3.05, 3.63) is 64.7 Å². The van der Waals surface area contributed by atoms with E-state index in [-0.39, 0.29) is 5.91 Å². The summed E-state index contributed by atoms with van der Waals surface area (Å²) in [6.45, 7) is 4.40. The molecule has 1 fully saturated rings. The lowest BCUT2D eigenvalue weighted by Gasteiger charge is -2.37. The first-order valence-electron chi connectivity index (χ1n) is 9.84. The van der Waals surface area contributed by atoms with Crippen molar-refractivity contribution >= 4 is 23.2 Å². The van der Waals surface area contributed by atoms with E-state index in [9.17, 15) is 9.90 Å². The number of piperazine rings is 1. The van der Waals surface area contributed by atoms with Crippen molar-refractivity contribution in [3.8, 4) is 0 Å². The highest BCUT2D eigenvalue weighted by molar-refractivity contribution is 6.33. The second-order valence-electron chi connectivity index (χ2n) is 7.62. The monoisotopic (exact) mass is 399 g/mol. The van der Waals surface area contributed by atoms with E-state index in [4.69, 9.17) is 11.6 Å². The number of rotatable bonds is 5. The van der Waals surface area contributed by atoms with Crippen molar-refractivity contribution < 1.29 is 9.90 Å². The molecule has 1 saturated heterocycles. The number of anilines is 1. The predicted octanol–water partition coefficient (Wildman–Crippen LogP) is 2.41. The van der Waals surface area contributed by atoms with Crippen LogP contribution in [0, 0.1) is 0 Å². The van der Waals surface area contributed by atoms with Gasteiger partial charge in [0.15, 0.2) is 0 Å². The molecule has 2 aliphatic heterocycles. The van der Waals surface area contributed by atoms with Gasteiger partial charge >= 0.3 is 0 Å². The van der Waals surface area contributed by atoms with E-state index in [1.54, 1.807) is 4.90 Å². The lowest BCUT2D eigenvalue weighted by molar-refractivity contribution is -0.132. The fourth-order valence-corrected chi connectivity index (χ4v) is 4.39. The maximum absolute atomic E-state index is 12.6. The van der Waals surface area contributed by atoms with Crippen LogP contribution in [0.1, 0.15) is 11.1 Å². The molecule has 6 heteroatoms. The number of carbonyl (C=O) groups is 1. The smallest absolute Gasteiger partial charge is 0.242 e. The SMILES string of the molecule is O=C1CN(c2ccccc2Cl)CCN1CC(O)CN1CCc2ccccc2C1. The lowest BCUT2D eigenvalue weighted by atomic mass is 10.00. The van der Waals surface area contributed by atoms with Gasteiger partial charge in [-0.1, -0.05) is 48.0 Å². The molecule has 0 radical (unpaired) electrons. The Bertz CT molecular complexity index is 844. The number of carbonyl (C=O) groups excluding carboxylic acids is 1. The minimum absolute atomic E-state index is 0.0363. The number of β-amino-alcohol motifs (C(OH)–C–C–N with tert-alkyl or cyclic N) is 1. The summed E-state index contributed by atoms with van der Waals surface area (Å²) in [6.07, 6.45) is 0.472. The summed E-state index contributed by atoms with van der Waals surface area (Å²) in [5.41, 5.74) is 3.63. The lowest BCUT2D eigenvalue weighted by Crippen LogP contribution is -2.53. The number of nitrogens with zero attached hydrogens (tertiary/aromatic N) is 3. The van der Waals surface area contributed by atoms with Crippen LogP contribution in [-0.4, -0.2) is 66.2 Å². The molecule has 2 aliphatic rings. The molecule has 0 bridgehead atoms. The maximum Gasteiger partial charge on any atom is 0.242 e. The molecular formula is C22H26ClN3O2. The van der Waals surface area contributed by atoms with Crippen LogP contribution in [0.4, 0.5) is 5.69 Å². The molecule has 2 aromatic rings. The van der Waals surface area contributed by atoms with E-state index >= 15 is 0 Å². The summed E-state index contributed by atoms with van der Waals surface area (Å²) in [6, 6.07) is 16.1. The van der Waals surface area contributed by atoms with Gasteiger partial charge in [-0.2, -0.15) is 0 Å². The topological polar surface area (TPSA) is 47.0 Å². The number of aliphatic hydroxyl groups excluding tert-OH is 1. The van der Waals surface area contributed by atoms with Crippen LogP contribution in [-0.2, 0) is 17.8 Å². The van der Waals surface area contributed by atoms with Crippen LogP contribution < -0.4 is 4.90 Å². The average molecular weight is 400 g/mol. The highest BCUT2D eigenvalue weighted by Gasteiger charge is 2.27. The molecule has 1 unspecified atom stereocenters. The van der Waals surface area contributed by atoms with Crippen molar-refractivity contribution in [2.45, 2.75) is 19.1 Å². The normalized spacial score (nSPS) is 18.9. The van der Waals surface area contributed by atoms with E-state index in [1.807, 2.05) is 29.2 Å². The van der Waals surface area contributed by atoms with Crippen molar-refractivity contribution in [2.24, 2.45) is 0 Å². The van der Waals surface area contributed by atoms with Crippen LogP contribution in [0.5, 0.6) is 0 Å². The first-order chi connectivity index (χ1) is 13.6. The Morgan fingerprint density at radius 2 is 1.68 bits per heavy atom. The van der Waals surface area contributed by atoms with Gasteiger partial charge in [0.05, 0.1) is 23.4 Å². The van der Waals surface area contributed by atoms with E-state index < -0.39 is 6.10 Å². The molecule has 0 saturated carbocycles. The first-order valence-corrected chi connectivity index (χ1v) is 10.2. The Morgan fingerprint density at radius 3 is 2.46 bits per heavy atom. The van der Waals surface area contributed by atoms with Gasteiger partial charge in [0.2, 0.25) is 5.91 Å². The van der Waals surface area contributed by atoms with Crippen LogP contribution in [0.15, 0.2) is 48.5 Å². The van der Waals surface area contributed by atoms with Crippen molar-refractivity contribution in [3.63, 3.8) is 0 Å². The zero-order chi connectivity index (χ0) is 19.5. The van der Waals surface area contributed by atoms with Crippen LogP contribution in [0.3, 0.4) is 0 Å². The summed E-state index contributed by atoms with van der Waals surface area (Å²) in [5.74, 6) is 0.0363. The third kappa shape index (κ3) is 4.32. The molecule has 4 rings (SSSR count). The molecule has 1 N–H and O–H groups in total. The third-order valence-electron chi connectivity index (χ3n) is 5.62. The third-order valence-corrected chi connectivity index (χ3v) is 5.94. The van der Waals surface area contributed by atoms with Gasteiger partial charge in [0.1, 0.15) is 0 Å². The number of fused-ring (bicyclic) bond motifs is 1. The number of para-hydroxylation sites is 1. The molecule has 0 aromatic heterocycles. The van der Waals surface area contributed by atoms with Gasteiger partial charge in [0, 0.05) is 39.3 Å². The Labute approximate surface area is 171 Å². The highest BCUT2D eigenvalue weighted by atomic mass is 35.5. The largest absolute Gasteiger partial charge is 0.390 e. The number of hydrogen-bond acceptors (Lipinski definition) is 4. The Hall–Kier alpha value is -2.08. The molecule has 2 aromatic carbocycles. The quantitative estimate of drug-likeness (QED) is 0.838. The van der Waals surface area contributed by atoms with E-state index in [2.05, 4.69) is 29.2 Å². The molecule has 0 spiro atoms. The van der Waals surface area contributed by atoms with Crippen molar-refractivity contribution in [1.29, 1.82) is 0 Å². The Balaban J connectivity index is 1.29. The minimum Gasteiger partial charge on any atom is -0.390 e. The number of aliphatic hydroxyl groups is 1. The Morgan fingerprint density at radius 1 is 0.929 bits per heavy atom. The van der Waals surface area contributed by atoms with Crippen LogP contribution in [0.2, 0.25) is 5.02 Å². The van der Waals surface area contributed by atoms with Crippen LogP contribution in [0.25, 0.3) is 0 Å². The molecule has 0 aliphatic carbocycles. The van der Waals surface area contributed by atoms with Gasteiger partial charge in [-0.05, 0) is 29.7 Å². The molecule has 5 nitrogen and oxygen atoms in total. The zero-order valence-electron chi connectivity index (χ0n) is 15.9. The standard InChI is InChI=1S/C22H26ClN3O2/c23-20-7-3-4-8-21(20)25-11-12-26(22(28)16-25)15-19(27)14-24-10-9-17-5-1-2-6-18(17)13-24/h1-8,19,27H,9-16H2. The van der Waals surface area contributed by atoms with Crippen molar-refractivity contribution in [1.82, 2.24) is 9.80 Å². The fraction of sp³-hybridized carbons (Fsp3) is 0.409.